The van der Waals surface area contributed by atoms with Crippen molar-refractivity contribution < 1.29 is 9.53 Å². The Morgan fingerprint density at radius 3 is 2.90 bits per heavy atom. The molecule has 0 saturated heterocycles. The van der Waals surface area contributed by atoms with Crippen LogP contribution in [0.25, 0.3) is 10.9 Å². The summed E-state index contributed by atoms with van der Waals surface area (Å²) < 4.78 is 7.36. The van der Waals surface area contributed by atoms with Gasteiger partial charge in [0.05, 0.1) is 24.9 Å². The van der Waals surface area contributed by atoms with E-state index in [1.54, 1.807) is 7.11 Å². The monoisotopic (exact) mass is 420 g/mol. The molecule has 1 aliphatic heterocycles. The molecule has 0 unspecified atom stereocenters. The summed E-state index contributed by atoms with van der Waals surface area (Å²) in [4.78, 5) is 17.5. The normalized spacial score (nSPS) is 18.3. The second kappa shape index (κ2) is 9.62. The third-order valence-electron chi connectivity index (χ3n) is 5.91. The van der Waals surface area contributed by atoms with Crippen LogP contribution in [0.5, 0.6) is 0 Å². The molecule has 1 amide bonds. The Balaban J connectivity index is 1.72. The Kier molecular flexibility index (Phi) is 6.68. The highest BCUT2D eigenvalue weighted by molar-refractivity contribution is 5.90. The Morgan fingerprint density at radius 2 is 2.16 bits per heavy atom. The zero-order valence-electron chi connectivity index (χ0n) is 18.6. The van der Waals surface area contributed by atoms with E-state index in [9.17, 15) is 4.79 Å². The van der Waals surface area contributed by atoms with Gasteiger partial charge in [-0.3, -0.25) is 15.1 Å². The summed E-state index contributed by atoms with van der Waals surface area (Å²) >= 11 is 0. The summed E-state index contributed by atoms with van der Waals surface area (Å²) in [6, 6.07) is 12.4. The maximum absolute atomic E-state index is 13.0. The molecule has 4 rings (SSSR count). The summed E-state index contributed by atoms with van der Waals surface area (Å²) in [5.74, 6) is 0.548. The average Bonchev–Trinajstić information content (AvgIpc) is 3.02. The summed E-state index contributed by atoms with van der Waals surface area (Å²) in [5.41, 5.74) is 4.73. The van der Waals surface area contributed by atoms with Crippen molar-refractivity contribution in [2.45, 2.75) is 45.3 Å². The molecular formula is C25H32N4O2. The van der Waals surface area contributed by atoms with Crippen LogP contribution in [-0.2, 0) is 22.5 Å². The van der Waals surface area contributed by atoms with Gasteiger partial charge in [-0.1, -0.05) is 32.0 Å². The van der Waals surface area contributed by atoms with Gasteiger partial charge in [0.1, 0.15) is 0 Å². The van der Waals surface area contributed by atoms with Gasteiger partial charge in [-0.25, -0.2) is 0 Å². The maximum atomic E-state index is 13.0. The van der Waals surface area contributed by atoms with Crippen LogP contribution in [-0.4, -0.2) is 41.8 Å². The quantitative estimate of drug-likeness (QED) is 0.548. The number of nitrogens with one attached hydrogen (secondary N) is 2. The van der Waals surface area contributed by atoms with Gasteiger partial charge in [-0.15, -0.1) is 0 Å². The molecule has 31 heavy (non-hydrogen) atoms. The van der Waals surface area contributed by atoms with Gasteiger partial charge in [0, 0.05) is 43.0 Å². The van der Waals surface area contributed by atoms with Gasteiger partial charge >= 0.3 is 0 Å². The highest BCUT2D eigenvalue weighted by atomic mass is 16.5. The lowest BCUT2D eigenvalue weighted by Gasteiger charge is -2.25. The van der Waals surface area contributed by atoms with Crippen molar-refractivity contribution in [1.29, 1.82) is 0 Å². The van der Waals surface area contributed by atoms with E-state index in [1.807, 2.05) is 18.3 Å². The molecule has 2 aromatic heterocycles. The van der Waals surface area contributed by atoms with Crippen LogP contribution in [0.15, 0.2) is 48.8 Å². The first kappa shape index (κ1) is 21.5. The molecule has 164 valence electrons. The predicted octanol–water partition coefficient (Wildman–Crippen LogP) is 3.45. The molecule has 0 fully saturated rings. The smallest absolute Gasteiger partial charge is 0.237 e. The molecule has 3 aromatic rings. The predicted molar refractivity (Wildman–Crippen MR) is 123 cm³/mol. The highest BCUT2D eigenvalue weighted by Gasteiger charge is 2.30. The number of carbonyl (C=O) groups is 1. The van der Waals surface area contributed by atoms with Crippen molar-refractivity contribution in [1.82, 2.24) is 20.2 Å². The lowest BCUT2D eigenvalue weighted by Crippen LogP contribution is -2.47. The SMILES string of the molecule is COCCNC(=O)[C@@H]1Cc2cn(Cc3ccccn3)c3cccc(c23)[C@H](CC(C)C)N1. The lowest BCUT2D eigenvalue weighted by molar-refractivity contribution is -0.123. The van der Waals surface area contributed by atoms with Crippen LogP contribution >= 0.6 is 0 Å². The number of hydrogen-bond donors (Lipinski definition) is 2. The zero-order chi connectivity index (χ0) is 21.8. The molecule has 2 N–H and O–H groups in total. The first-order chi connectivity index (χ1) is 15.1. The number of hydrogen-bond acceptors (Lipinski definition) is 4. The third kappa shape index (κ3) is 4.81. The number of methoxy groups -OCH3 is 1. The second-order valence-corrected chi connectivity index (χ2v) is 8.73. The Morgan fingerprint density at radius 1 is 1.29 bits per heavy atom. The molecule has 6 nitrogen and oxygen atoms in total. The van der Waals surface area contributed by atoms with Gasteiger partial charge in [0.15, 0.2) is 0 Å². The largest absolute Gasteiger partial charge is 0.383 e. The molecular weight excluding hydrogens is 388 g/mol. The van der Waals surface area contributed by atoms with Gasteiger partial charge in [0.2, 0.25) is 5.91 Å². The van der Waals surface area contributed by atoms with Crippen molar-refractivity contribution in [2.75, 3.05) is 20.3 Å². The number of amides is 1. The first-order valence-corrected chi connectivity index (χ1v) is 11.1. The van der Waals surface area contributed by atoms with E-state index in [2.05, 4.69) is 64.5 Å². The summed E-state index contributed by atoms with van der Waals surface area (Å²) in [7, 11) is 1.65. The maximum Gasteiger partial charge on any atom is 0.237 e. The zero-order valence-corrected chi connectivity index (χ0v) is 18.6. The minimum absolute atomic E-state index is 0.0317. The Labute approximate surface area is 184 Å². The molecule has 3 heterocycles. The van der Waals surface area contributed by atoms with Gasteiger partial charge in [-0.05, 0) is 48.1 Å². The van der Waals surface area contributed by atoms with Gasteiger partial charge in [-0.2, -0.15) is 0 Å². The van der Waals surface area contributed by atoms with Crippen LogP contribution < -0.4 is 10.6 Å². The molecule has 0 radical (unpaired) electrons. The summed E-state index contributed by atoms with van der Waals surface area (Å²) in [6.07, 6.45) is 5.68. The van der Waals surface area contributed by atoms with Crippen molar-refractivity contribution in [2.24, 2.45) is 5.92 Å². The second-order valence-electron chi connectivity index (χ2n) is 8.73. The molecule has 0 spiro atoms. The molecule has 6 heteroatoms. The van der Waals surface area contributed by atoms with E-state index in [0.717, 1.165) is 12.1 Å². The topological polar surface area (TPSA) is 68.2 Å². The molecule has 1 aromatic carbocycles. The Bertz CT molecular complexity index is 1030. The Hall–Kier alpha value is -2.70. The molecule has 1 aliphatic rings. The van der Waals surface area contributed by atoms with E-state index in [1.165, 1.54) is 22.0 Å². The van der Waals surface area contributed by atoms with Gasteiger partial charge < -0.3 is 14.6 Å². The molecule has 0 aliphatic carbocycles. The number of ether oxygens (including phenoxy) is 1. The van der Waals surface area contributed by atoms with Crippen molar-refractivity contribution in [3.63, 3.8) is 0 Å². The van der Waals surface area contributed by atoms with Crippen molar-refractivity contribution in [3.8, 4) is 0 Å². The standard InChI is InChI=1S/C25H32N4O2/c1-17(2)13-21-20-8-6-9-23-24(20)18(14-22(28-21)25(30)27-11-12-31-3)15-29(23)16-19-7-4-5-10-26-19/h4-10,15,17,21-22,28H,11-14,16H2,1-3H3,(H,27,30)/t21-,22-/m0/s1. The fraction of sp³-hybridized carbons (Fsp3) is 0.440. The molecule has 2 atom stereocenters. The number of pyridine rings is 1. The summed E-state index contributed by atoms with van der Waals surface area (Å²) in [5, 5.41) is 7.96. The van der Waals surface area contributed by atoms with Crippen LogP contribution in [0.4, 0.5) is 0 Å². The van der Waals surface area contributed by atoms with E-state index >= 15 is 0 Å². The van der Waals surface area contributed by atoms with Crippen molar-refractivity contribution >= 4 is 16.8 Å². The fourth-order valence-corrected chi connectivity index (χ4v) is 4.56. The van der Waals surface area contributed by atoms with E-state index in [-0.39, 0.29) is 18.0 Å². The third-order valence-corrected chi connectivity index (χ3v) is 5.91. The first-order valence-electron chi connectivity index (χ1n) is 11.1. The van der Waals surface area contributed by atoms with Crippen LogP contribution in [0.3, 0.4) is 0 Å². The van der Waals surface area contributed by atoms with Gasteiger partial charge in [0.25, 0.3) is 0 Å². The van der Waals surface area contributed by atoms with E-state index in [4.69, 9.17) is 4.74 Å². The minimum atomic E-state index is -0.276. The summed E-state index contributed by atoms with van der Waals surface area (Å²) in [6.45, 7) is 6.21. The number of rotatable bonds is 8. The van der Waals surface area contributed by atoms with Crippen LogP contribution in [0.1, 0.15) is 43.1 Å². The van der Waals surface area contributed by atoms with Crippen molar-refractivity contribution in [3.05, 3.63) is 65.6 Å². The fourth-order valence-electron chi connectivity index (χ4n) is 4.56. The lowest BCUT2D eigenvalue weighted by atomic mass is 9.94. The number of benzene rings is 1. The molecule has 0 saturated carbocycles. The molecule has 0 bridgehead atoms. The van der Waals surface area contributed by atoms with Crippen LogP contribution in [0, 0.1) is 5.92 Å². The average molecular weight is 421 g/mol. The number of nitrogens with zero attached hydrogens (tertiary/aromatic N) is 2. The highest BCUT2D eigenvalue weighted by Crippen LogP contribution is 2.36. The number of aromatic nitrogens is 2. The van der Waals surface area contributed by atoms with Crippen LogP contribution in [0.2, 0.25) is 0 Å². The van der Waals surface area contributed by atoms with E-state index in [0.29, 0.717) is 32.0 Å². The minimum Gasteiger partial charge on any atom is -0.383 e. The van der Waals surface area contributed by atoms with E-state index < -0.39 is 0 Å². The number of carbonyl (C=O) groups excluding carboxylic acids is 1.